The highest BCUT2D eigenvalue weighted by Gasteiger charge is 2.40. The van der Waals surface area contributed by atoms with Crippen molar-refractivity contribution in [2.45, 2.75) is 19.9 Å². The zero-order valence-corrected chi connectivity index (χ0v) is 15.1. The monoisotopic (exact) mass is 366 g/mol. The molecule has 0 unspecified atom stereocenters. The van der Waals surface area contributed by atoms with Gasteiger partial charge in [-0.3, -0.25) is 14.4 Å². The van der Waals surface area contributed by atoms with Crippen molar-refractivity contribution in [3.63, 3.8) is 0 Å². The number of ether oxygens (including phenoxy) is 1. The molecule has 0 radical (unpaired) electrons. The van der Waals surface area contributed by atoms with E-state index in [1.54, 1.807) is 24.3 Å². The largest absolute Gasteiger partial charge is 0.455 e. The highest BCUT2D eigenvalue weighted by molar-refractivity contribution is 6.04. The first-order valence-electron chi connectivity index (χ1n) is 8.92. The van der Waals surface area contributed by atoms with Gasteiger partial charge in [0.1, 0.15) is 0 Å². The van der Waals surface area contributed by atoms with Gasteiger partial charge in [0.25, 0.3) is 11.8 Å². The highest BCUT2D eigenvalue weighted by atomic mass is 16.5. The van der Waals surface area contributed by atoms with Gasteiger partial charge in [0, 0.05) is 6.54 Å². The van der Waals surface area contributed by atoms with Crippen molar-refractivity contribution in [2.75, 3.05) is 11.9 Å². The third-order valence-corrected chi connectivity index (χ3v) is 4.50. The Bertz CT molecular complexity index is 835. The summed E-state index contributed by atoms with van der Waals surface area (Å²) in [6, 6.07) is 16.3. The molecule has 0 heterocycles. The highest BCUT2D eigenvalue weighted by Crippen LogP contribution is 2.38. The number of amides is 2. The molecule has 6 nitrogen and oxygen atoms in total. The molecule has 2 N–H and O–H groups in total. The predicted octanol–water partition coefficient (Wildman–Crippen LogP) is 2.75. The van der Waals surface area contributed by atoms with Gasteiger partial charge < -0.3 is 15.4 Å². The van der Waals surface area contributed by atoms with Crippen LogP contribution in [0.4, 0.5) is 5.69 Å². The van der Waals surface area contributed by atoms with Crippen molar-refractivity contribution in [1.82, 2.24) is 5.32 Å². The predicted molar refractivity (Wildman–Crippen MR) is 101 cm³/mol. The summed E-state index contributed by atoms with van der Waals surface area (Å²) < 4.78 is 5.02. The van der Waals surface area contributed by atoms with Crippen molar-refractivity contribution < 1.29 is 19.1 Å². The van der Waals surface area contributed by atoms with Gasteiger partial charge in [-0.1, -0.05) is 49.4 Å². The average molecular weight is 366 g/mol. The van der Waals surface area contributed by atoms with E-state index in [-0.39, 0.29) is 24.4 Å². The van der Waals surface area contributed by atoms with Crippen LogP contribution in [0.1, 0.15) is 29.3 Å². The van der Waals surface area contributed by atoms with Crippen molar-refractivity contribution in [3.05, 3.63) is 65.7 Å². The van der Waals surface area contributed by atoms with Gasteiger partial charge in [0.15, 0.2) is 6.61 Å². The number of anilines is 1. The molecule has 0 saturated heterocycles. The Balaban J connectivity index is 1.55. The van der Waals surface area contributed by atoms with Gasteiger partial charge in [-0.05, 0) is 30.0 Å². The van der Waals surface area contributed by atoms with Crippen LogP contribution in [-0.2, 0) is 20.9 Å². The molecule has 3 rings (SSSR count). The number of esters is 1. The number of carbonyl (C=O) groups excluding carboxylic acids is 3. The van der Waals surface area contributed by atoms with Crippen molar-refractivity contribution in [2.24, 2.45) is 11.8 Å². The van der Waals surface area contributed by atoms with E-state index >= 15 is 0 Å². The summed E-state index contributed by atoms with van der Waals surface area (Å²) in [6.07, 6.45) is 0.810. The molecular formula is C21H22N2O4. The minimum Gasteiger partial charge on any atom is -0.455 e. The van der Waals surface area contributed by atoms with E-state index in [1.165, 1.54) is 0 Å². The molecule has 2 atom stereocenters. The van der Waals surface area contributed by atoms with Gasteiger partial charge in [0.05, 0.1) is 17.2 Å². The minimum absolute atomic E-state index is 0.0890. The number of nitrogens with one attached hydrogen (secondary N) is 2. The number of hydrogen-bond acceptors (Lipinski definition) is 4. The van der Waals surface area contributed by atoms with Crippen molar-refractivity contribution >= 4 is 23.5 Å². The van der Waals surface area contributed by atoms with E-state index in [9.17, 15) is 14.4 Å². The first kappa shape index (κ1) is 18.6. The van der Waals surface area contributed by atoms with E-state index in [0.717, 1.165) is 12.0 Å². The molecule has 0 aliphatic heterocycles. The molecule has 1 aliphatic carbocycles. The zero-order chi connectivity index (χ0) is 19.2. The first-order valence-corrected chi connectivity index (χ1v) is 8.92. The Morgan fingerprint density at radius 2 is 1.70 bits per heavy atom. The number of para-hydroxylation sites is 1. The summed E-state index contributed by atoms with van der Waals surface area (Å²) in [5, 5.41) is 5.47. The van der Waals surface area contributed by atoms with Crippen LogP contribution in [0, 0.1) is 11.8 Å². The topological polar surface area (TPSA) is 84.5 Å². The molecule has 27 heavy (non-hydrogen) atoms. The standard InChI is InChI=1S/C21H22N2O4/c1-14-11-17(14)21(26)27-13-19(24)23-18-10-6-5-9-16(18)20(25)22-12-15-7-3-2-4-8-15/h2-10,14,17H,11-13H2,1H3,(H,22,25)(H,23,24)/t14-,17-/m1/s1. The Labute approximate surface area is 157 Å². The normalized spacial score (nSPS) is 17.7. The van der Waals surface area contributed by atoms with Crippen LogP contribution < -0.4 is 10.6 Å². The van der Waals surface area contributed by atoms with Crippen LogP contribution in [0.15, 0.2) is 54.6 Å². The van der Waals surface area contributed by atoms with E-state index in [0.29, 0.717) is 23.7 Å². The van der Waals surface area contributed by atoms with E-state index in [4.69, 9.17) is 4.74 Å². The summed E-state index contributed by atoms with van der Waals surface area (Å²) in [4.78, 5) is 36.2. The zero-order valence-electron chi connectivity index (χ0n) is 15.1. The summed E-state index contributed by atoms with van der Waals surface area (Å²) >= 11 is 0. The number of carbonyl (C=O) groups is 3. The number of rotatable bonds is 7. The lowest BCUT2D eigenvalue weighted by Crippen LogP contribution is -2.26. The fourth-order valence-corrected chi connectivity index (χ4v) is 2.74. The number of hydrogen-bond donors (Lipinski definition) is 2. The van der Waals surface area contributed by atoms with Crippen LogP contribution in [-0.4, -0.2) is 24.4 Å². The average Bonchev–Trinajstić information content (AvgIpc) is 3.42. The van der Waals surface area contributed by atoms with Crippen LogP contribution in [0.5, 0.6) is 0 Å². The molecule has 2 aromatic rings. The number of benzene rings is 2. The van der Waals surface area contributed by atoms with E-state index < -0.39 is 5.91 Å². The van der Waals surface area contributed by atoms with Crippen molar-refractivity contribution in [3.8, 4) is 0 Å². The molecule has 0 bridgehead atoms. The lowest BCUT2D eigenvalue weighted by molar-refractivity contribution is -0.148. The molecule has 6 heteroatoms. The Hall–Kier alpha value is -3.15. The molecule has 2 aromatic carbocycles. The third kappa shape index (κ3) is 5.17. The Morgan fingerprint density at radius 1 is 1.04 bits per heavy atom. The van der Waals surface area contributed by atoms with Crippen LogP contribution >= 0.6 is 0 Å². The minimum atomic E-state index is -0.472. The molecule has 0 aromatic heterocycles. The molecule has 1 aliphatic rings. The van der Waals surface area contributed by atoms with Crippen LogP contribution in [0.3, 0.4) is 0 Å². The fourth-order valence-electron chi connectivity index (χ4n) is 2.74. The van der Waals surface area contributed by atoms with Crippen molar-refractivity contribution in [1.29, 1.82) is 0 Å². The lowest BCUT2D eigenvalue weighted by atomic mass is 10.1. The smallest absolute Gasteiger partial charge is 0.309 e. The van der Waals surface area contributed by atoms with Gasteiger partial charge in [-0.15, -0.1) is 0 Å². The lowest BCUT2D eigenvalue weighted by Gasteiger charge is -2.12. The molecule has 1 fully saturated rings. The maximum Gasteiger partial charge on any atom is 0.309 e. The van der Waals surface area contributed by atoms with Crippen LogP contribution in [0.2, 0.25) is 0 Å². The summed E-state index contributed by atoms with van der Waals surface area (Å²) in [6.45, 7) is 2.00. The molecule has 140 valence electrons. The Kier molecular flexibility index (Phi) is 5.86. The first-order chi connectivity index (χ1) is 13.0. The fraction of sp³-hybridized carbons (Fsp3) is 0.286. The second kappa shape index (κ2) is 8.49. The van der Waals surface area contributed by atoms with E-state index in [1.807, 2.05) is 37.3 Å². The van der Waals surface area contributed by atoms with Gasteiger partial charge >= 0.3 is 5.97 Å². The summed E-state index contributed by atoms with van der Waals surface area (Å²) in [7, 11) is 0. The van der Waals surface area contributed by atoms with E-state index in [2.05, 4.69) is 10.6 Å². The van der Waals surface area contributed by atoms with Gasteiger partial charge in [0.2, 0.25) is 0 Å². The molecule has 1 saturated carbocycles. The van der Waals surface area contributed by atoms with Crippen LogP contribution in [0.25, 0.3) is 0 Å². The third-order valence-electron chi connectivity index (χ3n) is 4.50. The summed E-state index contributed by atoms with van der Waals surface area (Å²) in [5.74, 6) is -0.867. The maximum atomic E-state index is 12.5. The molecule has 0 spiro atoms. The maximum absolute atomic E-state index is 12.5. The van der Waals surface area contributed by atoms with Gasteiger partial charge in [-0.25, -0.2) is 0 Å². The second-order valence-electron chi connectivity index (χ2n) is 6.69. The quantitative estimate of drug-likeness (QED) is 0.738. The Morgan fingerprint density at radius 3 is 2.41 bits per heavy atom. The van der Waals surface area contributed by atoms with Gasteiger partial charge in [-0.2, -0.15) is 0 Å². The SMILES string of the molecule is C[C@@H]1C[C@H]1C(=O)OCC(=O)Nc1ccccc1C(=O)NCc1ccccc1. The molecular weight excluding hydrogens is 344 g/mol. The summed E-state index contributed by atoms with van der Waals surface area (Å²) in [5.41, 5.74) is 1.71. The molecule has 2 amide bonds. The second-order valence-corrected chi connectivity index (χ2v) is 6.69.